The van der Waals surface area contributed by atoms with Crippen LogP contribution in [-0.4, -0.2) is 23.2 Å². The minimum atomic E-state index is -0.433. The van der Waals surface area contributed by atoms with Crippen LogP contribution in [0.5, 0.6) is 0 Å². The number of hydrogen-bond donors (Lipinski definition) is 0. The van der Waals surface area contributed by atoms with Crippen molar-refractivity contribution in [1.82, 2.24) is 0 Å². The summed E-state index contributed by atoms with van der Waals surface area (Å²) in [5, 5.41) is 11.7. The first-order valence-corrected chi connectivity index (χ1v) is 8.80. The highest BCUT2D eigenvalue weighted by Gasteiger charge is 2.51. The second kappa shape index (κ2) is 5.94. The molecule has 27 heavy (non-hydrogen) atoms. The molecule has 1 fully saturated rings. The second-order valence-corrected chi connectivity index (χ2v) is 7.80. The molecule has 3 aromatic rings. The molecule has 0 radical (unpaired) electrons. The largest absolute Gasteiger partial charge is 0.494 e. The number of non-ortho nitro benzene ring substituents is 1. The molecule has 0 amide bonds. The van der Waals surface area contributed by atoms with Crippen LogP contribution in [0.4, 0.5) is 5.69 Å². The second-order valence-electron chi connectivity index (χ2n) is 7.80. The number of hydrogen-bond acceptors (Lipinski definition) is 5. The summed E-state index contributed by atoms with van der Waals surface area (Å²) in [4.78, 5) is 10.4. The first kappa shape index (κ1) is 17.8. The van der Waals surface area contributed by atoms with Gasteiger partial charge in [-0.15, -0.1) is 0 Å². The number of nitro benzene ring substituents is 1. The van der Waals surface area contributed by atoms with Gasteiger partial charge in [0.2, 0.25) is 0 Å². The molecule has 0 saturated carbocycles. The summed E-state index contributed by atoms with van der Waals surface area (Å²) in [6, 6.07) is 14.1. The van der Waals surface area contributed by atoms with E-state index in [-0.39, 0.29) is 5.69 Å². The molecule has 2 heterocycles. The molecular formula is C20H20BNO5. The summed E-state index contributed by atoms with van der Waals surface area (Å²) < 4.78 is 18.1. The van der Waals surface area contributed by atoms with Gasteiger partial charge in [-0.25, -0.2) is 0 Å². The Morgan fingerprint density at radius 3 is 2.15 bits per heavy atom. The first-order chi connectivity index (χ1) is 12.7. The van der Waals surface area contributed by atoms with Gasteiger partial charge in [0.15, 0.2) is 0 Å². The van der Waals surface area contributed by atoms with Gasteiger partial charge in [-0.3, -0.25) is 10.1 Å². The van der Waals surface area contributed by atoms with Crippen molar-refractivity contribution in [2.75, 3.05) is 0 Å². The highest BCUT2D eigenvalue weighted by atomic mass is 16.7. The topological polar surface area (TPSA) is 74.7 Å². The van der Waals surface area contributed by atoms with Crippen LogP contribution >= 0.6 is 0 Å². The average Bonchev–Trinajstić information content (AvgIpc) is 3.12. The van der Waals surface area contributed by atoms with Crippen molar-refractivity contribution in [3.8, 4) is 11.3 Å². The van der Waals surface area contributed by atoms with Crippen molar-refractivity contribution < 1.29 is 18.6 Å². The van der Waals surface area contributed by atoms with Gasteiger partial charge in [0.25, 0.3) is 5.69 Å². The third kappa shape index (κ3) is 3.03. The van der Waals surface area contributed by atoms with E-state index in [0.717, 1.165) is 22.0 Å². The predicted octanol–water partition coefficient (Wildman–Crippen LogP) is 4.31. The lowest BCUT2D eigenvalue weighted by atomic mass is 9.79. The smallest absolute Gasteiger partial charge is 0.456 e. The molecule has 0 bridgehead atoms. The van der Waals surface area contributed by atoms with Gasteiger partial charge >= 0.3 is 7.12 Å². The number of fused-ring (bicyclic) bond motifs is 1. The van der Waals surface area contributed by atoms with Crippen LogP contribution in [0.1, 0.15) is 27.7 Å². The summed E-state index contributed by atoms with van der Waals surface area (Å²) in [7, 11) is -0.433. The first-order valence-electron chi connectivity index (χ1n) is 8.80. The maximum absolute atomic E-state index is 10.8. The normalized spacial score (nSPS) is 18.1. The van der Waals surface area contributed by atoms with Gasteiger partial charge in [-0.2, -0.15) is 0 Å². The molecule has 1 saturated heterocycles. The van der Waals surface area contributed by atoms with Crippen molar-refractivity contribution >= 4 is 29.2 Å². The van der Waals surface area contributed by atoms with Crippen molar-refractivity contribution in [2.24, 2.45) is 0 Å². The van der Waals surface area contributed by atoms with Crippen LogP contribution in [0.25, 0.3) is 22.3 Å². The van der Waals surface area contributed by atoms with E-state index in [0.29, 0.717) is 5.76 Å². The van der Waals surface area contributed by atoms with Crippen LogP contribution in [0.15, 0.2) is 52.9 Å². The van der Waals surface area contributed by atoms with Crippen LogP contribution in [0.2, 0.25) is 0 Å². The molecule has 4 rings (SSSR count). The predicted molar refractivity (Wildman–Crippen MR) is 104 cm³/mol. The molecule has 1 aromatic heterocycles. The lowest BCUT2D eigenvalue weighted by Gasteiger charge is -2.32. The fourth-order valence-corrected chi connectivity index (χ4v) is 3.08. The van der Waals surface area contributed by atoms with Crippen LogP contribution in [0, 0.1) is 10.1 Å². The molecule has 0 spiro atoms. The van der Waals surface area contributed by atoms with E-state index in [4.69, 9.17) is 13.7 Å². The highest BCUT2D eigenvalue weighted by molar-refractivity contribution is 6.62. The Hall–Kier alpha value is -2.64. The van der Waals surface area contributed by atoms with Crippen molar-refractivity contribution in [2.45, 2.75) is 38.9 Å². The Balaban J connectivity index is 1.66. The molecule has 0 atom stereocenters. The van der Waals surface area contributed by atoms with Gasteiger partial charge in [0.1, 0.15) is 11.3 Å². The molecule has 1 aliphatic heterocycles. The maximum atomic E-state index is 10.8. The molecule has 1 aliphatic rings. The van der Waals surface area contributed by atoms with E-state index in [1.807, 2.05) is 52.0 Å². The van der Waals surface area contributed by atoms with Gasteiger partial charge in [0.05, 0.1) is 16.1 Å². The number of nitro groups is 1. The summed E-state index contributed by atoms with van der Waals surface area (Å²) in [6.07, 6.45) is 0. The Morgan fingerprint density at radius 1 is 0.926 bits per heavy atom. The molecule has 6 nitrogen and oxygen atoms in total. The van der Waals surface area contributed by atoms with Crippen molar-refractivity contribution in [3.63, 3.8) is 0 Å². The molecule has 0 aliphatic carbocycles. The van der Waals surface area contributed by atoms with Crippen LogP contribution < -0.4 is 5.46 Å². The Morgan fingerprint density at radius 2 is 1.56 bits per heavy atom. The van der Waals surface area contributed by atoms with E-state index >= 15 is 0 Å². The minimum absolute atomic E-state index is 0.0536. The quantitative estimate of drug-likeness (QED) is 0.393. The molecule has 2 aromatic carbocycles. The summed E-state index contributed by atoms with van der Waals surface area (Å²) >= 11 is 0. The maximum Gasteiger partial charge on any atom is 0.494 e. The zero-order valence-electron chi connectivity index (χ0n) is 15.7. The van der Waals surface area contributed by atoms with Gasteiger partial charge in [0, 0.05) is 23.1 Å². The van der Waals surface area contributed by atoms with E-state index in [2.05, 4.69) is 0 Å². The Kier molecular flexibility index (Phi) is 3.91. The fraction of sp³-hybridized carbons (Fsp3) is 0.300. The Bertz CT molecular complexity index is 1010. The summed E-state index contributed by atoms with van der Waals surface area (Å²) in [5.74, 6) is 0.658. The zero-order chi connectivity index (χ0) is 19.4. The van der Waals surface area contributed by atoms with Crippen LogP contribution in [0.3, 0.4) is 0 Å². The lowest BCUT2D eigenvalue weighted by Crippen LogP contribution is -2.41. The van der Waals surface area contributed by atoms with E-state index in [1.54, 1.807) is 12.1 Å². The number of nitrogens with zero attached hydrogens (tertiary/aromatic N) is 1. The van der Waals surface area contributed by atoms with Gasteiger partial charge in [-0.05, 0) is 57.4 Å². The van der Waals surface area contributed by atoms with E-state index in [9.17, 15) is 10.1 Å². The van der Waals surface area contributed by atoms with Gasteiger partial charge < -0.3 is 13.7 Å². The summed E-state index contributed by atoms with van der Waals surface area (Å²) in [6.45, 7) is 8.10. The molecule has 0 unspecified atom stereocenters. The molecular weight excluding hydrogens is 345 g/mol. The fourth-order valence-electron chi connectivity index (χ4n) is 3.08. The van der Waals surface area contributed by atoms with Crippen molar-refractivity contribution in [1.29, 1.82) is 0 Å². The summed E-state index contributed by atoms with van der Waals surface area (Å²) in [5.41, 5.74) is 1.72. The average molecular weight is 365 g/mol. The van der Waals surface area contributed by atoms with Gasteiger partial charge in [-0.1, -0.05) is 12.1 Å². The van der Waals surface area contributed by atoms with Crippen LogP contribution in [-0.2, 0) is 9.31 Å². The van der Waals surface area contributed by atoms with E-state index in [1.165, 1.54) is 12.1 Å². The van der Waals surface area contributed by atoms with Crippen molar-refractivity contribution in [3.05, 3.63) is 58.6 Å². The Labute approximate surface area is 157 Å². The number of furan rings is 1. The monoisotopic (exact) mass is 365 g/mol. The van der Waals surface area contributed by atoms with E-state index < -0.39 is 23.2 Å². The number of benzene rings is 2. The third-order valence-electron chi connectivity index (χ3n) is 5.43. The standard InChI is InChI=1S/C20H20BNO5/c1-19(2)20(3,4)27-21(26-19)15-7-10-17-14(11-15)12-18(25-17)13-5-8-16(9-6-13)22(23)24/h5-12H,1-4H3. The zero-order valence-corrected chi connectivity index (χ0v) is 15.7. The molecule has 138 valence electrons. The third-order valence-corrected chi connectivity index (χ3v) is 5.43. The molecule has 7 heteroatoms. The highest BCUT2D eigenvalue weighted by Crippen LogP contribution is 2.37. The SMILES string of the molecule is CC1(C)OB(c2ccc3oc(-c4ccc([N+](=O)[O-])cc4)cc3c2)OC1(C)C. The minimum Gasteiger partial charge on any atom is -0.456 e. The molecule has 0 N–H and O–H groups in total. The number of rotatable bonds is 3. The lowest BCUT2D eigenvalue weighted by molar-refractivity contribution is -0.384.